The summed E-state index contributed by atoms with van der Waals surface area (Å²) in [7, 11) is 0. The Bertz CT molecular complexity index is 610. The average molecular weight is 568 g/mol. The minimum atomic E-state index is -0.266. The van der Waals surface area contributed by atoms with E-state index >= 15 is 0 Å². The molecule has 0 spiro atoms. The molecule has 2 rings (SSSR count). The molecule has 0 unspecified atom stereocenters. The molecule has 0 atom stereocenters. The predicted octanol–water partition coefficient (Wildman–Crippen LogP) is 6.65. The van der Waals surface area contributed by atoms with Crippen molar-refractivity contribution in [2.24, 2.45) is 0 Å². The van der Waals surface area contributed by atoms with Crippen LogP contribution >= 0.6 is 60.1 Å². The van der Waals surface area contributed by atoms with Crippen LogP contribution in [0.1, 0.15) is 11.1 Å². The van der Waals surface area contributed by atoms with E-state index in [9.17, 15) is 8.78 Å². The highest BCUT2D eigenvalue weighted by molar-refractivity contribution is 9.93. The second kappa shape index (κ2) is 10.6. The largest absolute Gasteiger partial charge is 0.399 e. The second-order valence-corrected chi connectivity index (χ2v) is 5.85. The summed E-state index contributed by atoms with van der Waals surface area (Å²) >= 11 is 11.8. The van der Waals surface area contributed by atoms with Gasteiger partial charge in [-0.05, 0) is 75.5 Å². The average Bonchev–Trinajstić information content (AvgIpc) is 2.50. The Morgan fingerprint density at radius 1 is 0.909 bits per heavy atom. The summed E-state index contributed by atoms with van der Waals surface area (Å²) in [5.74, 6) is -0.470. The highest BCUT2D eigenvalue weighted by atomic mass is 80.9. The first-order chi connectivity index (χ1) is 10.2. The van der Waals surface area contributed by atoms with Crippen LogP contribution in [-0.2, 0) is 0 Å². The van der Waals surface area contributed by atoms with Crippen LogP contribution in [-0.4, -0.2) is 0 Å². The number of halogens is 6. The van der Waals surface area contributed by atoms with Crippen molar-refractivity contribution in [3.05, 3.63) is 56.0 Å². The quantitative estimate of drug-likeness (QED) is 0.350. The molecule has 4 N–H and O–H groups in total. The molecular weight excluding hydrogens is 554 g/mol. The lowest BCUT2D eigenvalue weighted by molar-refractivity contribution is 0.616. The molecule has 0 saturated heterocycles. The van der Waals surface area contributed by atoms with Gasteiger partial charge < -0.3 is 11.5 Å². The highest BCUT2D eigenvalue weighted by Crippen LogP contribution is 2.32. The second-order valence-electron chi connectivity index (χ2n) is 4.20. The van der Waals surface area contributed by atoms with Crippen molar-refractivity contribution in [3.63, 3.8) is 0 Å². The first kappa shape index (κ1) is 21.8. The van der Waals surface area contributed by atoms with Crippen LogP contribution in [0.25, 0.3) is 0 Å². The summed E-state index contributed by atoms with van der Waals surface area (Å²) in [5, 5.41) is 0. The third-order valence-corrected chi connectivity index (χ3v) is 4.29. The molecule has 0 aromatic heterocycles. The van der Waals surface area contributed by atoms with Gasteiger partial charge in [-0.15, -0.1) is 0 Å². The third-order valence-electron chi connectivity index (χ3n) is 2.62. The molecule has 8 heteroatoms. The van der Waals surface area contributed by atoms with Crippen molar-refractivity contribution in [2.75, 3.05) is 11.5 Å². The summed E-state index contributed by atoms with van der Waals surface area (Å²) in [5.41, 5.74) is 13.2. The van der Waals surface area contributed by atoms with Crippen molar-refractivity contribution in [1.29, 1.82) is 0 Å². The first-order valence-electron chi connectivity index (χ1n) is 5.79. The van der Waals surface area contributed by atoms with Gasteiger partial charge >= 0.3 is 0 Å². The molecule has 2 aromatic rings. The predicted molar refractivity (Wildman–Crippen MR) is 104 cm³/mol. The number of aryl methyl sites for hydroxylation is 1. The maximum atomic E-state index is 12.9. The van der Waals surface area contributed by atoms with Crippen molar-refractivity contribution >= 4 is 71.5 Å². The van der Waals surface area contributed by atoms with Gasteiger partial charge in [-0.1, -0.05) is 0 Å². The van der Waals surface area contributed by atoms with Gasteiger partial charge in [0.05, 0.1) is 5.69 Å². The van der Waals surface area contributed by atoms with Gasteiger partial charge in [-0.2, -0.15) is 0 Å². The van der Waals surface area contributed by atoms with Gasteiger partial charge in [0.15, 0.2) is 0 Å². The molecule has 0 fully saturated rings. The Morgan fingerprint density at radius 3 is 1.91 bits per heavy atom. The van der Waals surface area contributed by atoms with Gasteiger partial charge in [-0.25, -0.2) is 8.78 Å². The van der Waals surface area contributed by atoms with Gasteiger partial charge in [-0.3, -0.25) is 0 Å². The van der Waals surface area contributed by atoms with E-state index in [0.717, 1.165) is 0 Å². The standard InChI is InChI=1S/C7H6Br2FN.C7H8FN.Br2/c1-3-5(10)2-4(8)7(11)6(3)9;1-5-4-6(9)2-3-7(5)8;1-2/h2H,11H2,1H3;2-4H,9H2,1H3;. The summed E-state index contributed by atoms with van der Waals surface area (Å²) in [6.45, 7) is 3.36. The number of rotatable bonds is 0. The van der Waals surface area contributed by atoms with Crippen LogP contribution in [0.5, 0.6) is 0 Å². The molecule has 0 heterocycles. The molecule has 2 aromatic carbocycles. The fraction of sp³-hybridized carbons (Fsp3) is 0.143. The van der Waals surface area contributed by atoms with Crippen LogP contribution in [0.4, 0.5) is 20.2 Å². The molecule has 0 bridgehead atoms. The van der Waals surface area contributed by atoms with Crippen LogP contribution in [0.3, 0.4) is 0 Å². The molecule has 2 nitrogen and oxygen atoms in total. The topological polar surface area (TPSA) is 52.0 Å². The van der Waals surface area contributed by atoms with Crippen LogP contribution in [0, 0.1) is 25.5 Å². The number of hydrogen-bond donors (Lipinski definition) is 2. The van der Waals surface area contributed by atoms with Crippen LogP contribution in [0.15, 0.2) is 33.2 Å². The maximum absolute atomic E-state index is 12.9. The minimum Gasteiger partial charge on any atom is -0.399 e. The Labute approximate surface area is 160 Å². The molecule has 0 aliphatic carbocycles. The van der Waals surface area contributed by atoms with E-state index in [1.807, 2.05) is 0 Å². The third kappa shape index (κ3) is 6.52. The molecule has 0 aliphatic heterocycles. The Morgan fingerprint density at radius 2 is 1.45 bits per heavy atom. The zero-order valence-electron chi connectivity index (χ0n) is 11.7. The number of anilines is 2. The van der Waals surface area contributed by atoms with Crippen molar-refractivity contribution < 1.29 is 8.78 Å². The van der Waals surface area contributed by atoms with Gasteiger partial charge in [0.2, 0.25) is 0 Å². The summed E-state index contributed by atoms with van der Waals surface area (Å²) < 4.78 is 26.5. The highest BCUT2D eigenvalue weighted by Gasteiger charge is 2.08. The lowest BCUT2D eigenvalue weighted by atomic mass is 10.2. The Kier molecular flexibility index (Phi) is 10.5. The van der Waals surface area contributed by atoms with Crippen molar-refractivity contribution in [3.8, 4) is 0 Å². The van der Waals surface area contributed by atoms with Crippen molar-refractivity contribution in [1.82, 2.24) is 0 Å². The molecule has 0 saturated carbocycles. The van der Waals surface area contributed by atoms with E-state index < -0.39 is 0 Å². The monoisotopic (exact) mass is 564 g/mol. The smallest absolute Gasteiger partial charge is 0.128 e. The minimum absolute atomic E-state index is 0.204. The van der Waals surface area contributed by atoms with E-state index in [1.54, 1.807) is 26.0 Å². The lowest BCUT2D eigenvalue weighted by Crippen LogP contribution is -1.93. The molecule has 0 radical (unpaired) electrons. The fourth-order valence-corrected chi connectivity index (χ4v) is 2.45. The number of benzene rings is 2. The fourth-order valence-electron chi connectivity index (χ4n) is 1.38. The SMILES string of the molecule is BrBr.Cc1c(F)cc(Br)c(N)c1Br.Cc1cc(N)ccc1F. The molecule has 122 valence electrons. The maximum Gasteiger partial charge on any atom is 0.128 e. The molecule has 0 aliphatic rings. The van der Waals surface area contributed by atoms with E-state index in [1.165, 1.54) is 12.1 Å². The van der Waals surface area contributed by atoms with Crippen LogP contribution in [0.2, 0.25) is 0 Å². The lowest BCUT2D eigenvalue weighted by Gasteiger charge is -2.05. The zero-order valence-corrected chi connectivity index (χ0v) is 18.1. The van der Waals surface area contributed by atoms with E-state index in [-0.39, 0.29) is 11.6 Å². The van der Waals surface area contributed by atoms with Gasteiger partial charge in [0.1, 0.15) is 11.6 Å². The molecule has 0 amide bonds. The molecular formula is C14H14Br4F2N2. The number of nitrogen functional groups attached to an aromatic ring is 2. The zero-order chi connectivity index (χ0) is 17.4. The van der Waals surface area contributed by atoms with Crippen LogP contribution < -0.4 is 11.5 Å². The number of nitrogens with two attached hydrogens (primary N) is 2. The first-order valence-corrected chi connectivity index (χ1v) is 11.1. The summed E-state index contributed by atoms with van der Waals surface area (Å²) in [4.78, 5) is 0. The van der Waals surface area contributed by atoms with Gasteiger partial charge in [0.25, 0.3) is 0 Å². The summed E-state index contributed by atoms with van der Waals surface area (Å²) in [6, 6.07) is 5.87. The van der Waals surface area contributed by atoms with E-state index in [2.05, 4.69) is 60.1 Å². The Balaban J connectivity index is 0.000000366. The van der Waals surface area contributed by atoms with Gasteiger partial charge in [0, 0.05) is 48.5 Å². The van der Waals surface area contributed by atoms with Crippen molar-refractivity contribution in [2.45, 2.75) is 13.8 Å². The Hall–Kier alpha value is -0.180. The number of hydrogen-bond acceptors (Lipinski definition) is 2. The summed E-state index contributed by atoms with van der Waals surface area (Å²) in [6.07, 6.45) is 0. The van der Waals surface area contributed by atoms with E-state index in [0.29, 0.717) is 31.4 Å². The van der Waals surface area contributed by atoms with E-state index in [4.69, 9.17) is 11.5 Å². The normalized spacial score (nSPS) is 9.27. The molecule has 22 heavy (non-hydrogen) atoms.